The van der Waals surface area contributed by atoms with Gasteiger partial charge in [0, 0.05) is 6.04 Å². The quantitative estimate of drug-likeness (QED) is 0.632. The maximum absolute atomic E-state index is 3.82. The molecule has 1 aliphatic rings. The van der Waals surface area contributed by atoms with Crippen LogP contribution >= 0.6 is 0 Å². The van der Waals surface area contributed by atoms with E-state index in [1.807, 2.05) is 0 Å². The van der Waals surface area contributed by atoms with Gasteiger partial charge in [-0.25, -0.2) is 0 Å². The van der Waals surface area contributed by atoms with Crippen LogP contribution in [0.3, 0.4) is 0 Å². The van der Waals surface area contributed by atoms with Crippen LogP contribution in [-0.4, -0.2) is 6.54 Å². The smallest absolute Gasteiger partial charge is 0.0354 e. The Bertz CT molecular complexity index is 412. The van der Waals surface area contributed by atoms with E-state index < -0.39 is 0 Å². The van der Waals surface area contributed by atoms with Gasteiger partial charge in [-0.2, -0.15) is 0 Å². The molecule has 1 heteroatoms. The summed E-state index contributed by atoms with van der Waals surface area (Å²) in [4.78, 5) is 0. The van der Waals surface area contributed by atoms with E-state index in [9.17, 15) is 0 Å². The Morgan fingerprint density at radius 2 is 1.95 bits per heavy atom. The fraction of sp³-hybridized carbons (Fsp3) is 0.700. The van der Waals surface area contributed by atoms with Crippen LogP contribution in [0.2, 0.25) is 0 Å². The highest BCUT2D eigenvalue weighted by atomic mass is 14.9. The first-order valence-corrected chi connectivity index (χ1v) is 9.11. The van der Waals surface area contributed by atoms with Crippen LogP contribution in [0.25, 0.3) is 0 Å². The van der Waals surface area contributed by atoms with Crippen molar-refractivity contribution in [2.75, 3.05) is 6.54 Å². The van der Waals surface area contributed by atoms with Crippen LogP contribution in [0.15, 0.2) is 24.3 Å². The highest BCUT2D eigenvalue weighted by molar-refractivity contribution is 5.35. The number of hydrogen-bond acceptors (Lipinski definition) is 1. The van der Waals surface area contributed by atoms with Gasteiger partial charge in [-0.15, -0.1) is 0 Å². The molecule has 1 aromatic carbocycles. The first-order valence-electron chi connectivity index (χ1n) is 9.11. The van der Waals surface area contributed by atoms with Gasteiger partial charge in [-0.3, -0.25) is 0 Å². The molecule has 1 aliphatic carbocycles. The summed E-state index contributed by atoms with van der Waals surface area (Å²) in [6.45, 7) is 8.08. The molecule has 0 heterocycles. The van der Waals surface area contributed by atoms with Crippen molar-refractivity contribution >= 4 is 0 Å². The summed E-state index contributed by atoms with van der Waals surface area (Å²) in [6, 6.07) is 9.68. The highest BCUT2D eigenvalue weighted by Gasteiger charge is 2.32. The van der Waals surface area contributed by atoms with E-state index in [1.54, 1.807) is 11.1 Å². The molecule has 3 atom stereocenters. The standard InChI is InChI=1S/C20H33N/c1-4-7-10-16(6-3)14-18-15-17-11-8-9-12-19(17)20(18)21-13-5-2/h8-9,11-12,16,18,20-21H,4-7,10,13-15H2,1-3H3. The van der Waals surface area contributed by atoms with Crippen molar-refractivity contribution in [2.45, 2.75) is 71.8 Å². The van der Waals surface area contributed by atoms with Gasteiger partial charge in [0.05, 0.1) is 0 Å². The Kier molecular flexibility index (Phi) is 6.76. The predicted octanol–water partition coefficient (Wildman–Crippen LogP) is 5.51. The molecule has 0 aromatic heterocycles. The molecule has 0 spiro atoms. The van der Waals surface area contributed by atoms with E-state index in [4.69, 9.17) is 0 Å². The first-order chi connectivity index (χ1) is 10.3. The minimum absolute atomic E-state index is 0.594. The van der Waals surface area contributed by atoms with Crippen LogP contribution in [0, 0.1) is 11.8 Å². The Morgan fingerprint density at radius 1 is 1.14 bits per heavy atom. The second kappa shape index (κ2) is 8.58. The zero-order valence-corrected chi connectivity index (χ0v) is 14.2. The predicted molar refractivity (Wildman–Crippen MR) is 92.6 cm³/mol. The molecular weight excluding hydrogens is 254 g/mol. The number of unbranched alkanes of at least 4 members (excludes halogenated alkanes) is 1. The van der Waals surface area contributed by atoms with E-state index in [-0.39, 0.29) is 0 Å². The molecule has 0 aliphatic heterocycles. The second-order valence-electron chi connectivity index (χ2n) is 6.75. The summed E-state index contributed by atoms with van der Waals surface area (Å²) < 4.78 is 0. The summed E-state index contributed by atoms with van der Waals surface area (Å²) in [5.74, 6) is 1.71. The van der Waals surface area contributed by atoms with Gasteiger partial charge in [0.15, 0.2) is 0 Å². The van der Waals surface area contributed by atoms with Crippen molar-refractivity contribution in [3.63, 3.8) is 0 Å². The van der Waals surface area contributed by atoms with Crippen molar-refractivity contribution in [3.05, 3.63) is 35.4 Å². The molecule has 0 amide bonds. The molecule has 0 saturated heterocycles. The fourth-order valence-corrected chi connectivity index (χ4v) is 3.88. The minimum atomic E-state index is 0.594. The molecule has 0 saturated carbocycles. The maximum Gasteiger partial charge on any atom is 0.0354 e. The zero-order valence-electron chi connectivity index (χ0n) is 14.2. The van der Waals surface area contributed by atoms with Crippen LogP contribution in [0.5, 0.6) is 0 Å². The average Bonchev–Trinajstić information content (AvgIpc) is 2.86. The molecule has 3 unspecified atom stereocenters. The lowest BCUT2D eigenvalue weighted by Crippen LogP contribution is -2.27. The van der Waals surface area contributed by atoms with Crippen molar-refractivity contribution < 1.29 is 0 Å². The molecule has 0 bridgehead atoms. The van der Waals surface area contributed by atoms with Gasteiger partial charge in [0.2, 0.25) is 0 Å². The fourth-order valence-electron chi connectivity index (χ4n) is 3.88. The van der Waals surface area contributed by atoms with Gasteiger partial charge in [0.1, 0.15) is 0 Å². The number of rotatable bonds is 9. The van der Waals surface area contributed by atoms with E-state index >= 15 is 0 Å². The lowest BCUT2D eigenvalue weighted by Gasteiger charge is -2.26. The van der Waals surface area contributed by atoms with Crippen LogP contribution in [-0.2, 0) is 6.42 Å². The van der Waals surface area contributed by atoms with E-state index in [2.05, 4.69) is 50.4 Å². The summed E-state index contributed by atoms with van der Waals surface area (Å²) in [6.07, 6.45) is 9.38. The van der Waals surface area contributed by atoms with Crippen LogP contribution < -0.4 is 5.32 Å². The third-order valence-corrected chi connectivity index (χ3v) is 5.14. The zero-order chi connectivity index (χ0) is 15.1. The van der Waals surface area contributed by atoms with Gasteiger partial charge < -0.3 is 5.32 Å². The van der Waals surface area contributed by atoms with Crippen molar-refractivity contribution in [2.24, 2.45) is 11.8 Å². The van der Waals surface area contributed by atoms with Crippen molar-refractivity contribution in [3.8, 4) is 0 Å². The van der Waals surface area contributed by atoms with Gasteiger partial charge in [0.25, 0.3) is 0 Å². The SMILES string of the molecule is CCCCC(CC)CC1Cc2ccccc2C1NCCC. The normalized spacial score (nSPS) is 22.2. The molecule has 0 radical (unpaired) electrons. The van der Waals surface area contributed by atoms with Gasteiger partial charge in [-0.1, -0.05) is 70.7 Å². The van der Waals surface area contributed by atoms with E-state index in [0.717, 1.165) is 18.4 Å². The third kappa shape index (κ3) is 4.32. The largest absolute Gasteiger partial charge is 0.310 e. The number of benzene rings is 1. The number of nitrogens with one attached hydrogen (secondary N) is 1. The maximum atomic E-state index is 3.82. The molecule has 2 rings (SSSR count). The van der Waals surface area contributed by atoms with Crippen molar-refractivity contribution in [1.82, 2.24) is 5.32 Å². The molecule has 1 N–H and O–H groups in total. The molecule has 118 valence electrons. The van der Waals surface area contributed by atoms with Crippen LogP contribution in [0.4, 0.5) is 0 Å². The highest BCUT2D eigenvalue weighted by Crippen LogP contribution is 2.40. The Labute approximate surface area is 131 Å². The van der Waals surface area contributed by atoms with Crippen LogP contribution in [0.1, 0.15) is 76.5 Å². The second-order valence-corrected chi connectivity index (χ2v) is 6.75. The number of hydrogen-bond donors (Lipinski definition) is 1. The molecule has 1 nitrogen and oxygen atoms in total. The topological polar surface area (TPSA) is 12.0 Å². The third-order valence-electron chi connectivity index (χ3n) is 5.14. The molecule has 1 aromatic rings. The Balaban J connectivity index is 2.04. The molecular formula is C20H33N. The first kappa shape index (κ1) is 16.5. The van der Waals surface area contributed by atoms with E-state index in [1.165, 1.54) is 44.9 Å². The van der Waals surface area contributed by atoms with Crippen molar-refractivity contribution in [1.29, 1.82) is 0 Å². The molecule has 21 heavy (non-hydrogen) atoms. The summed E-state index contributed by atoms with van der Waals surface area (Å²) in [5, 5.41) is 3.82. The summed E-state index contributed by atoms with van der Waals surface area (Å²) in [5.41, 5.74) is 3.16. The summed E-state index contributed by atoms with van der Waals surface area (Å²) in [7, 11) is 0. The Hall–Kier alpha value is -0.820. The average molecular weight is 287 g/mol. The van der Waals surface area contributed by atoms with E-state index in [0.29, 0.717) is 6.04 Å². The van der Waals surface area contributed by atoms with Gasteiger partial charge in [-0.05, 0) is 48.8 Å². The monoisotopic (exact) mass is 287 g/mol. The lowest BCUT2D eigenvalue weighted by atomic mass is 9.85. The lowest BCUT2D eigenvalue weighted by molar-refractivity contribution is 0.288. The molecule has 0 fully saturated rings. The van der Waals surface area contributed by atoms with Gasteiger partial charge >= 0.3 is 0 Å². The summed E-state index contributed by atoms with van der Waals surface area (Å²) >= 11 is 0. The minimum Gasteiger partial charge on any atom is -0.310 e. The number of fused-ring (bicyclic) bond motifs is 1. The Morgan fingerprint density at radius 3 is 2.67 bits per heavy atom.